The van der Waals surface area contributed by atoms with Crippen molar-refractivity contribution in [3.05, 3.63) is 35.9 Å². The quantitative estimate of drug-likeness (QED) is 0.624. The molecule has 0 bridgehead atoms. The van der Waals surface area contributed by atoms with Crippen molar-refractivity contribution in [1.82, 2.24) is 0 Å². The topological polar surface area (TPSA) is 23.9 Å². The molecule has 82 valence electrons. The molecular formula is C13H25N. The van der Waals surface area contributed by atoms with Crippen LogP contribution < -0.4 is 0 Å². The van der Waals surface area contributed by atoms with Crippen molar-refractivity contribution >= 4 is 6.21 Å². The van der Waals surface area contributed by atoms with E-state index in [2.05, 4.69) is 0 Å². The summed E-state index contributed by atoms with van der Waals surface area (Å²) in [5, 5.41) is 6.82. The second-order valence-electron chi connectivity index (χ2n) is 1.56. The van der Waals surface area contributed by atoms with Gasteiger partial charge in [0.1, 0.15) is 0 Å². The van der Waals surface area contributed by atoms with Gasteiger partial charge >= 0.3 is 0 Å². The lowest BCUT2D eigenvalue weighted by Crippen LogP contribution is -1.73. The van der Waals surface area contributed by atoms with Crippen LogP contribution in [0.1, 0.15) is 47.1 Å². The van der Waals surface area contributed by atoms with E-state index in [1.165, 1.54) is 6.21 Å². The molecule has 0 aliphatic rings. The second-order valence-corrected chi connectivity index (χ2v) is 1.56. The molecule has 1 rings (SSSR count). The Morgan fingerprint density at radius 1 is 0.786 bits per heavy atom. The Kier molecular flexibility index (Phi) is 30.1. The minimum atomic E-state index is 0.951. The first kappa shape index (κ1) is 18.6. The van der Waals surface area contributed by atoms with Crippen molar-refractivity contribution in [2.24, 2.45) is 0 Å². The van der Waals surface area contributed by atoms with Crippen LogP contribution in [-0.2, 0) is 0 Å². The first-order valence-corrected chi connectivity index (χ1v) is 5.49. The molecule has 1 aromatic rings. The molecule has 0 spiro atoms. The van der Waals surface area contributed by atoms with E-state index in [0.717, 1.165) is 5.56 Å². The average Bonchev–Trinajstić information content (AvgIpc) is 2.37. The van der Waals surface area contributed by atoms with Crippen molar-refractivity contribution < 1.29 is 0 Å². The minimum Gasteiger partial charge on any atom is -0.308 e. The van der Waals surface area contributed by atoms with Gasteiger partial charge in [-0.25, -0.2) is 0 Å². The third-order valence-corrected chi connectivity index (χ3v) is 0.966. The Labute approximate surface area is 89.7 Å². The highest BCUT2D eigenvalue weighted by Crippen LogP contribution is 1.91. The van der Waals surface area contributed by atoms with Gasteiger partial charge in [0, 0.05) is 6.21 Å². The van der Waals surface area contributed by atoms with Gasteiger partial charge in [-0.1, -0.05) is 71.9 Å². The van der Waals surface area contributed by atoms with Crippen molar-refractivity contribution in [2.45, 2.75) is 41.5 Å². The van der Waals surface area contributed by atoms with Gasteiger partial charge in [-0.3, -0.25) is 0 Å². The molecule has 0 saturated heterocycles. The zero-order valence-electron chi connectivity index (χ0n) is 10.5. The summed E-state index contributed by atoms with van der Waals surface area (Å²) < 4.78 is 0. The monoisotopic (exact) mass is 195 g/mol. The van der Waals surface area contributed by atoms with E-state index in [0.29, 0.717) is 0 Å². The van der Waals surface area contributed by atoms with Gasteiger partial charge in [0.05, 0.1) is 0 Å². The number of nitrogens with one attached hydrogen (secondary N) is 1. The molecule has 14 heavy (non-hydrogen) atoms. The van der Waals surface area contributed by atoms with Crippen LogP contribution in [-0.4, -0.2) is 6.21 Å². The molecule has 1 nitrogen and oxygen atoms in total. The maximum Gasteiger partial charge on any atom is 0.0250 e. The van der Waals surface area contributed by atoms with E-state index in [4.69, 9.17) is 5.41 Å². The molecule has 0 atom stereocenters. The zero-order chi connectivity index (χ0) is 11.8. The van der Waals surface area contributed by atoms with Crippen LogP contribution >= 0.6 is 0 Å². The minimum absolute atomic E-state index is 0.951. The molecule has 0 unspecified atom stereocenters. The van der Waals surface area contributed by atoms with Crippen molar-refractivity contribution in [3.63, 3.8) is 0 Å². The Morgan fingerprint density at radius 3 is 1.36 bits per heavy atom. The summed E-state index contributed by atoms with van der Waals surface area (Å²) >= 11 is 0. The zero-order valence-corrected chi connectivity index (χ0v) is 10.5. The fourth-order valence-corrected chi connectivity index (χ4v) is 0.549. The largest absolute Gasteiger partial charge is 0.308 e. The fourth-order valence-electron chi connectivity index (χ4n) is 0.549. The molecule has 0 radical (unpaired) electrons. The Balaban J connectivity index is -0.000000174. The standard InChI is InChI=1S/C7H7N.3C2H6/c8-6-7-4-2-1-3-5-7;3*1-2/h1-6,8H;3*1-2H3. The van der Waals surface area contributed by atoms with Crippen LogP contribution in [0.25, 0.3) is 0 Å². The summed E-state index contributed by atoms with van der Waals surface area (Å²) in [6, 6.07) is 9.56. The molecule has 0 aliphatic heterocycles. The molecule has 0 amide bonds. The predicted molar refractivity (Wildman–Crippen MR) is 68.4 cm³/mol. The van der Waals surface area contributed by atoms with Crippen LogP contribution in [0.15, 0.2) is 30.3 Å². The van der Waals surface area contributed by atoms with Crippen LogP contribution in [0.2, 0.25) is 0 Å². The van der Waals surface area contributed by atoms with Crippen molar-refractivity contribution in [1.29, 1.82) is 5.41 Å². The Hall–Kier alpha value is -1.11. The lowest BCUT2D eigenvalue weighted by atomic mass is 10.2. The number of hydrogen-bond donors (Lipinski definition) is 1. The third kappa shape index (κ3) is 13.5. The molecule has 1 heteroatoms. The lowest BCUT2D eigenvalue weighted by Gasteiger charge is -1.84. The lowest BCUT2D eigenvalue weighted by molar-refractivity contribution is 1.50. The molecule has 0 aliphatic carbocycles. The van der Waals surface area contributed by atoms with E-state index < -0.39 is 0 Å². The Morgan fingerprint density at radius 2 is 1.14 bits per heavy atom. The van der Waals surface area contributed by atoms with Gasteiger partial charge in [0.15, 0.2) is 0 Å². The molecule has 0 aromatic heterocycles. The van der Waals surface area contributed by atoms with E-state index in [-0.39, 0.29) is 0 Å². The molecule has 1 N–H and O–H groups in total. The van der Waals surface area contributed by atoms with Gasteiger partial charge in [-0.15, -0.1) is 0 Å². The molecule has 0 heterocycles. The molecule has 0 saturated carbocycles. The van der Waals surface area contributed by atoms with E-state index >= 15 is 0 Å². The smallest absolute Gasteiger partial charge is 0.0250 e. The molecule has 0 fully saturated rings. The number of rotatable bonds is 1. The summed E-state index contributed by atoms with van der Waals surface area (Å²) in [4.78, 5) is 0. The molecule has 1 aromatic carbocycles. The third-order valence-electron chi connectivity index (χ3n) is 0.966. The van der Waals surface area contributed by atoms with E-state index in [1.54, 1.807) is 0 Å². The van der Waals surface area contributed by atoms with Crippen LogP contribution in [0.5, 0.6) is 0 Å². The SMILES string of the molecule is CC.CC.CC.N=Cc1ccccc1. The first-order valence-electron chi connectivity index (χ1n) is 5.49. The maximum absolute atomic E-state index is 6.82. The Bertz CT molecular complexity index is 168. The summed E-state index contributed by atoms with van der Waals surface area (Å²) in [6.07, 6.45) is 1.33. The van der Waals surface area contributed by atoms with Crippen LogP contribution in [0.3, 0.4) is 0 Å². The highest BCUT2D eigenvalue weighted by Gasteiger charge is 1.77. The summed E-state index contributed by atoms with van der Waals surface area (Å²) in [5.74, 6) is 0. The fraction of sp³-hybridized carbons (Fsp3) is 0.462. The van der Waals surface area contributed by atoms with Crippen LogP contribution in [0, 0.1) is 5.41 Å². The average molecular weight is 195 g/mol. The van der Waals surface area contributed by atoms with Crippen molar-refractivity contribution in [3.8, 4) is 0 Å². The molecular weight excluding hydrogens is 170 g/mol. The van der Waals surface area contributed by atoms with E-state index in [1.807, 2.05) is 71.9 Å². The van der Waals surface area contributed by atoms with Gasteiger partial charge in [0.2, 0.25) is 0 Å². The highest BCUT2D eigenvalue weighted by atomic mass is 14.3. The maximum atomic E-state index is 6.82. The summed E-state index contributed by atoms with van der Waals surface area (Å²) in [7, 11) is 0. The number of hydrogen-bond acceptors (Lipinski definition) is 1. The van der Waals surface area contributed by atoms with Crippen LogP contribution in [0.4, 0.5) is 0 Å². The summed E-state index contributed by atoms with van der Waals surface area (Å²) in [6.45, 7) is 12.0. The summed E-state index contributed by atoms with van der Waals surface area (Å²) in [5.41, 5.74) is 0.951. The predicted octanol–water partition coefficient (Wildman–Crippen LogP) is 4.76. The van der Waals surface area contributed by atoms with Gasteiger partial charge in [-0.2, -0.15) is 0 Å². The highest BCUT2D eigenvalue weighted by molar-refractivity contribution is 5.76. The van der Waals surface area contributed by atoms with Gasteiger partial charge in [0.25, 0.3) is 0 Å². The normalized spacial score (nSPS) is 6.14. The second kappa shape index (κ2) is 22.7. The van der Waals surface area contributed by atoms with Gasteiger partial charge in [-0.05, 0) is 5.56 Å². The first-order chi connectivity index (χ1) is 6.93. The van der Waals surface area contributed by atoms with Gasteiger partial charge < -0.3 is 5.41 Å². The number of benzene rings is 1. The van der Waals surface area contributed by atoms with E-state index in [9.17, 15) is 0 Å². The van der Waals surface area contributed by atoms with Crippen molar-refractivity contribution in [2.75, 3.05) is 0 Å².